The lowest BCUT2D eigenvalue weighted by atomic mass is 10.1. The predicted molar refractivity (Wildman–Crippen MR) is 69.2 cm³/mol. The van der Waals surface area contributed by atoms with Gasteiger partial charge in [0.25, 0.3) is 0 Å². The largest absolute Gasteiger partial charge is 0.379 e. The Morgan fingerprint density at radius 1 is 1.29 bits per heavy atom. The van der Waals surface area contributed by atoms with Crippen molar-refractivity contribution in [1.29, 1.82) is 0 Å². The Kier molecular flexibility index (Phi) is 2.69. The number of nitrogens with zero attached hydrogens (tertiary/aromatic N) is 1. The molecule has 2 atom stereocenters. The molecular formula is C14H16N2O. The van der Waals surface area contributed by atoms with Crippen LogP contribution in [-0.2, 0) is 4.74 Å². The van der Waals surface area contributed by atoms with E-state index in [1.165, 1.54) is 5.39 Å². The summed E-state index contributed by atoms with van der Waals surface area (Å²) in [6, 6.07) is 10.7. The van der Waals surface area contributed by atoms with Crippen LogP contribution in [0.1, 0.15) is 13.3 Å². The summed E-state index contributed by atoms with van der Waals surface area (Å²) in [7, 11) is 0. The Labute approximate surface area is 101 Å². The molecule has 1 aromatic heterocycles. The van der Waals surface area contributed by atoms with E-state index in [0.717, 1.165) is 24.2 Å². The highest BCUT2D eigenvalue weighted by molar-refractivity contribution is 5.91. The minimum atomic E-state index is 0.280. The van der Waals surface area contributed by atoms with Crippen LogP contribution in [0.3, 0.4) is 0 Å². The van der Waals surface area contributed by atoms with E-state index in [1.54, 1.807) is 0 Å². The Morgan fingerprint density at radius 3 is 3.06 bits per heavy atom. The number of nitrogens with one attached hydrogen (secondary N) is 1. The normalized spacial score (nSPS) is 24.1. The van der Waals surface area contributed by atoms with Crippen molar-refractivity contribution in [3.63, 3.8) is 0 Å². The van der Waals surface area contributed by atoms with Gasteiger partial charge in [-0.3, -0.25) is 4.98 Å². The molecule has 0 spiro atoms. The van der Waals surface area contributed by atoms with Crippen LogP contribution in [0.5, 0.6) is 0 Å². The summed E-state index contributed by atoms with van der Waals surface area (Å²) in [5.74, 6) is 0. The van der Waals surface area contributed by atoms with Crippen molar-refractivity contribution < 1.29 is 4.74 Å². The van der Waals surface area contributed by atoms with Gasteiger partial charge in [-0.2, -0.15) is 0 Å². The van der Waals surface area contributed by atoms with Crippen LogP contribution in [-0.4, -0.2) is 23.7 Å². The summed E-state index contributed by atoms with van der Waals surface area (Å²) in [4.78, 5) is 4.36. The lowest BCUT2D eigenvalue weighted by molar-refractivity contribution is 0.121. The van der Waals surface area contributed by atoms with Gasteiger partial charge in [0.05, 0.1) is 17.7 Å². The minimum Gasteiger partial charge on any atom is -0.379 e. The van der Waals surface area contributed by atoms with Crippen LogP contribution in [0, 0.1) is 0 Å². The fourth-order valence-electron chi connectivity index (χ4n) is 2.35. The van der Waals surface area contributed by atoms with Crippen LogP contribution in [0.25, 0.3) is 10.9 Å². The number of hydrogen-bond acceptors (Lipinski definition) is 3. The van der Waals surface area contributed by atoms with Crippen molar-refractivity contribution in [3.8, 4) is 0 Å². The topological polar surface area (TPSA) is 34.1 Å². The quantitative estimate of drug-likeness (QED) is 0.858. The third-order valence-electron chi connectivity index (χ3n) is 3.36. The molecule has 3 rings (SSSR count). The summed E-state index contributed by atoms with van der Waals surface area (Å²) < 4.78 is 5.57. The molecule has 0 radical (unpaired) electrons. The molecule has 0 aliphatic carbocycles. The second-order valence-electron chi connectivity index (χ2n) is 4.49. The number of rotatable bonds is 2. The van der Waals surface area contributed by atoms with E-state index in [0.29, 0.717) is 6.04 Å². The molecule has 2 heterocycles. The number of aromatic nitrogens is 1. The van der Waals surface area contributed by atoms with Gasteiger partial charge in [-0.05, 0) is 37.6 Å². The van der Waals surface area contributed by atoms with E-state index in [2.05, 4.69) is 29.4 Å². The van der Waals surface area contributed by atoms with Gasteiger partial charge in [-0.1, -0.05) is 6.07 Å². The average Bonchev–Trinajstić information content (AvgIpc) is 2.76. The molecule has 1 saturated heterocycles. The molecule has 1 fully saturated rings. The summed E-state index contributed by atoms with van der Waals surface area (Å²) in [5.41, 5.74) is 2.18. The lowest BCUT2D eigenvalue weighted by Gasteiger charge is -2.18. The maximum Gasteiger partial charge on any atom is 0.0748 e. The molecule has 2 unspecified atom stereocenters. The van der Waals surface area contributed by atoms with Gasteiger partial charge in [0.2, 0.25) is 0 Å². The fourth-order valence-corrected chi connectivity index (χ4v) is 2.35. The summed E-state index contributed by atoms with van der Waals surface area (Å²) in [5, 5.41) is 4.74. The smallest absolute Gasteiger partial charge is 0.0748 e. The number of pyridine rings is 1. The first-order valence-corrected chi connectivity index (χ1v) is 6.06. The van der Waals surface area contributed by atoms with Gasteiger partial charge < -0.3 is 10.1 Å². The number of benzene rings is 1. The standard InChI is InChI=1S/C14H16N2O/c1-10-12(7-9-17-10)16-14-6-2-5-13-11(14)4-3-8-15-13/h2-6,8,10,12,16H,7,9H2,1H3. The second kappa shape index (κ2) is 4.34. The van der Waals surface area contributed by atoms with Gasteiger partial charge >= 0.3 is 0 Å². The van der Waals surface area contributed by atoms with E-state index in [-0.39, 0.29) is 6.10 Å². The first kappa shape index (κ1) is 10.5. The highest BCUT2D eigenvalue weighted by atomic mass is 16.5. The zero-order chi connectivity index (χ0) is 11.7. The van der Waals surface area contributed by atoms with Crippen LogP contribution in [0.2, 0.25) is 0 Å². The third kappa shape index (κ3) is 1.98. The van der Waals surface area contributed by atoms with Crippen molar-refractivity contribution >= 4 is 16.6 Å². The van der Waals surface area contributed by atoms with Gasteiger partial charge in [0.15, 0.2) is 0 Å². The zero-order valence-corrected chi connectivity index (χ0v) is 9.89. The van der Waals surface area contributed by atoms with Crippen LogP contribution < -0.4 is 5.32 Å². The first-order chi connectivity index (χ1) is 8.34. The molecule has 17 heavy (non-hydrogen) atoms. The highest BCUT2D eigenvalue weighted by Crippen LogP contribution is 2.25. The van der Waals surface area contributed by atoms with Crippen molar-refractivity contribution in [2.45, 2.75) is 25.5 Å². The first-order valence-electron chi connectivity index (χ1n) is 6.06. The number of anilines is 1. The third-order valence-corrected chi connectivity index (χ3v) is 3.36. The molecule has 0 bridgehead atoms. The van der Waals surface area contributed by atoms with E-state index in [1.807, 2.05) is 24.4 Å². The van der Waals surface area contributed by atoms with Crippen molar-refractivity contribution in [1.82, 2.24) is 4.98 Å². The molecular weight excluding hydrogens is 212 g/mol. The van der Waals surface area contributed by atoms with Gasteiger partial charge in [-0.25, -0.2) is 0 Å². The molecule has 1 aliphatic heterocycles. The van der Waals surface area contributed by atoms with Crippen molar-refractivity contribution in [3.05, 3.63) is 36.5 Å². The van der Waals surface area contributed by atoms with Gasteiger partial charge in [0, 0.05) is 23.9 Å². The SMILES string of the molecule is CC1OCCC1Nc1cccc2ncccc12. The van der Waals surface area contributed by atoms with Crippen molar-refractivity contribution in [2.75, 3.05) is 11.9 Å². The molecule has 1 aromatic carbocycles. The Bertz CT molecular complexity index is 521. The van der Waals surface area contributed by atoms with Crippen molar-refractivity contribution in [2.24, 2.45) is 0 Å². The minimum absolute atomic E-state index is 0.280. The molecule has 0 amide bonds. The molecule has 0 saturated carbocycles. The Balaban J connectivity index is 1.94. The van der Waals surface area contributed by atoms with Gasteiger partial charge in [-0.15, -0.1) is 0 Å². The monoisotopic (exact) mass is 228 g/mol. The number of hydrogen-bond donors (Lipinski definition) is 1. The summed E-state index contributed by atoms with van der Waals surface area (Å²) >= 11 is 0. The molecule has 1 N–H and O–H groups in total. The van der Waals surface area contributed by atoms with Gasteiger partial charge in [0.1, 0.15) is 0 Å². The van der Waals surface area contributed by atoms with E-state index < -0.39 is 0 Å². The number of ether oxygens (including phenoxy) is 1. The second-order valence-corrected chi connectivity index (χ2v) is 4.49. The fraction of sp³-hybridized carbons (Fsp3) is 0.357. The Morgan fingerprint density at radius 2 is 2.24 bits per heavy atom. The maximum absolute atomic E-state index is 5.57. The predicted octanol–water partition coefficient (Wildman–Crippen LogP) is 2.82. The molecule has 1 aliphatic rings. The molecule has 3 nitrogen and oxygen atoms in total. The molecule has 88 valence electrons. The Hall–Kier alpha value is -1.61. The van der Waals surface area contributed by atoms with Crippen LogP contribution in [0.15, 0.2) is 36.5 Å². The number of fused-ring (bicyclic) bond motifs is 1. The molecule has 2 aromatic rings. The highest BCUT2D eigenvalue weighted by Gasteiger charge is 2.24. The van der Waals surface area contributed by atoms with E-state index >= 15 is 0 Å². The van der Waals surface area contributed by atoms with E-state index in [9.17, 15) is 0 Å². The molecule has 3 heteroatoms. The lowest BCUT2D eigenvalue weighted by Crippen LogP contribution is -2.26. The van der Waals surface area contributed by atoms with Crippen LogP contribution in [0.4, 0.5) is 5.69 Å². The summed E-state index contributed by atoms with van der Waals surface area (Å²) in [6.07, 6.45) is 3.17. The van der Waals surface area contributed by atoms with E-state index in [4.69, 9.17) is 4.74 Å². The maximum atomic E-state index is 5.57. The van der Waals surface area contributed by atoms with Crippen LogP contribution >= 0.6 is 0 Å². The average molecular weight is 228 g/mol. The summed E-state index contributed by atoms with van der Waals surface area (Å²) in [6.45, 7) is 2.97. The zero-order valence-electron chi connectivity index (χ0n) is 9.89.